The predicted octanol–water partition coefficient (Wildman–Crippen LogP) is 7.25. The summed E-state index contributed by atoms with van der Waals surface area (Å²) in [6, 6.07) is 12.8. The average molecular weight is 621 g/mol. The third kappa shape index (κ3) is 7.48. The maximum Gasteiger partial charge on any atom is 0.350 e. The number of esters is 1. The number of rotatable bonds is 14. The summed E-state index contributed by atoms with van der Waals surface area (Å²) in [4.78, 5) is 46.0. The van der Waals surface area contributed by atoms with Crippen LogP contribution in [0.2, 0.25) is 0 Å². The molecule has 1 N–H and O–H groups in total. The van der Waals surface area contributed by atoms with Gasteiger partial charge in [0.1, 0.15) is 22.1 Å². The molecule has 1 saturated heterocycles. The van der Waals surface area contributed by atoms with Crippen LogP contribution in [0.15, 0.2) is 54.1 Å². The Morgan fingerprint density at radius 3 is 2.07 bits per heavy atom. The Labute approximate surface area is 262 Å². The molecule has 2 aromatic carbocycles. The molecule has 1 atom stereocenters. The number of aryl methyl sites for hydroxylation is 1. The molecule has 10 heteroatoms. The number of Topliss-reactive ketones (excluding diaryl/α,β-unsaturated/α-hetero) is 1. The summed E-state index contributed by atoms with van der Waals surface area (Å²) >= 11 is 0.980. The van der Waals surface area contributed by atoms with E-state index in [9.17, 15) is 19.5 Å². The number of hydrogen-bond acceptors (Lipinski definition) is 9. The van der Waals surface area contributed by atoms with Crippen LogP contribution in [0.4, 0.5) is 5.13 Å². The molecule has 1 aromatic heterocycles. The second kappa shape index (κ2) is 15.0. The largest absolute Gasteiger partial charge is 0.507 e. The van der Waals surface area contributed by atoms with Gasteiger partial charge in [-0.05, 0) is 67.6 Å². The Morgan fingerprint density at radius 1 is 0.955 bits per heavy atom. The highest BCUT2D eigenvalue weighted by Gasteiger charge is 2.48. The average Bonchev–Trinajstić information content (AvgIpc) is 3.52. The molecule has 0 radical (unpaired) electrons. The lowest BCUT2D eigenvalue weighted by molar-refractivity contribution is -0.132. The van der Waals surface area contributed by atoms with Crippen LogP contribution in [-0.4, -0.2) is 47.6 Å². The first-order valence-corrected chi connectivity index (χ1v) is 15.9. The Balaban J connectivity index is 1.76. The number of ketones is 1. The minimum Gasteiger partial charge on any atom is -0.507 e. The first-order chi connectivity index (χ1) is 21.2. The molecule has 2 heterocycles. The van der Waals surface area contributed by atoms with Crippen LogP contribution in [0, 0.1) is 12.8 Å². The van der Waals surface area contributed by atoms with Crippen molar-refractivity contribution in [1.82, 2.24) is 4.98 Å². The van der Waals surface area contributed by atoms with Gasteiger partial charge in [-0.3, -0.25) is 14.5 Å². The molecule has 0 aliphatic carbocycles. The fraction of sp³-hybridized carbons (Fsp3) is 0.412. The number of aliphatic hydroxyl groups is 1. The van der Waals surface area contributed by atoms with Gasteiger partial charge >= 0.3 is 11.9 Å². The number of nitrogens with zero attached hydrogens (tertiary/aromatic N) is 2. The second-order valence-corrected chi connectivity index (χ2v) is 12.0. The number of amides is 1. The quantitative estimate of drug-likeness (QED) is 0.0659. The van der Waals surface area contributed by atoms with Crippen LogP contribution in [0.1, 0.15) is 85.9 Å². The number of anilines is 1. The molecular formula is C34H40N2O7S. The standard InChI is InChI=1S/C34H40N2O7S/c1-6-8-18-41-25-14-10-23(11-15-25)28-27(29(37)24-12-16-26(17-13-24)42-19-9-7-2)30(38)32(39)36(28)34-35-22(5)31(44-34)33(40)43-20-21(3)4/h10-17,21,28,37H,6-9,18-20H2,1-5H3/b29-27+. The third-order valence-corrected chi connectivity index (χ3v) is 8.16. The topological polar surface area (TPSA) is 115 Å². The maximum atomic E-state index is 13.6. The van der Waals surface area contributed by atoms with Crippen molar-refractivity contribution < 1.29 is 33.7 Å². The fourth-order valence-corrected chi connectivity index (χ4v) is 5.59. The van der Waals surface area contributed by atoms with E-state index in [4.69, 9.17) is 14.2 Å². The Bertz CT molecular complexity index is 1490. The molecule has 234 valence electrons. The zero-order chi connectivity index (χ0) is 31.8. The van der Waals surface area contributed by atoms with E-state index >= 15 is 0 Å². The van der Waals surface area contributed by atoms with Crippen molar-refractivity contribution in [2.24, 2.45) is 5.92 Å². The van der Waals surface area contributed by atoms with Gasteiger partial charge < -0.3 is 19.3 Å². The van der Waals surface area contributed by atoms with E-state index in [0.717, 1.165) is 37.0 Å². The fourth-order valence-electron chi connectivity index (χ4n) is 4.61. The van der Waals surface area contributed by atoms with Gasteiger partial charge in [-0.25, -0.2) is 9.78 Å². The molecule has 0 bridgehead atoms. The van der Waals surface area contributed by atoms with Crippen LogP contribution in [-0.2, 0) is 14.3 Å². The van der Waals surface area contributed by atoms with Gasteiger partial charge in [0.25, 0.3) is 5.78 Å². The number of carbonyl (C=O) groups excluding carboxylic acids is 3. The van der Waals surface area contributed by atoms with Crippen molar-refractivity contribution in [2.45, 2.75) is 66.3 Å². The van der Waals surface area contributed by atoms with Crippen molar-refractivity contribution in [2.75, 3.05) is 24.7 Å². The highest BCUT2D eigenvalue weighted by Crippen LogP contribution is 2.44. The minimum atomic E-state index is -0.995. The summed E-state index contributed by atoms with van der Waals surface area (Å²) in [5.74, 6) is -1.12. The van der Waals surface area contributed by atoms with Gasteiger partial charge in [0.15, 0.2) is 5.13 Å². The third-order valence-electron chi connectivity index (χ3n) is 7.03. The van der Waals surface area contributed by atoms with E-state index < -0.39 is 23.7 Å². The summed E-state index contributed by atoms with van der Waals surface area (Å²) in [7, 11) is 0. The zero-order valence-electron chi connectivity index (χ0n) is 25.9. The van der Waals surface area contributed by atoms with Crippen LogP contribution < -0.4 is 14.4 Å². The van der Waals surface area contributed by atoms with Crippen LogP contribution in [0.5, 0.6) is 11.5 Å². The van der Waals surface area contributed by atoms with Gasteiger partial charge in [0.05, 0.1) is 37.1 Å². The molecule has 1 unspecified atom stereocenters. The Morgan fingerprint density at radius 2 is 1.52 bits per heavy atom. The second-order valence-electron chi connectivity index (χ2n) is 11.1. The van der Waals surface area contributed by atoms with E-state index in [0.29, 0.717) is 41.5 Å². The normalized spacial score (nSPS) is 16.0. The number of unbranched alkanes of at least 4 members (excludes halogenated alkanes) is 2. The predicted molar refractivity (Wildman–Crippen MR) is 170 cm³/mol. The number of thiazole rings is 1. The van der Waals surface area contributed by atoms with Gasteiger partial charge in [-0.2, -0.15) is 0 Å². The first-order valence-electron chi connectivity index (χ1n) is 15.1. The summed E-state index contributed by atoms with van der Waals surface area (Å²) in [6.45, 7) is 11.1. The number of aliphatic hydroxyl groups excluding tert-OH is 1. The van der Waals surface area contributed by atoms with Crippen LogP contribution in [0.25, 0.3) is 5.76 Å². The first kappa shape index (κ1) is 32.7. The molecule has 1 fully saturated rings. The zero-order valence-corrected chi connectivity index (χ0v) is 26.7. The monoisotopic (exact) mass is 620 g/mol. The highest BCUT2D eigenvalue weighted by molar-refractivity contribution is 7.17. The van der Waals surface area contributed by atoms with Crippen molar-refractivity contribution in [3.63, 3.8) is 0 Å². The van der Waals surface area contributed by atoms with Crippen LogP contribution >= 0.6 is 11.3 Å². The molecule has 1 aliphatic heterocycles. The van der Waals surface area contributed by atoms with Crippen molar-refractivity contribution in [3.05, 3.63) is 75.8 Å². The molecule has 44 heavy (non-hydrogen) atoms. The van der Waals surface area contributed by atoms with E-state index in [1.54, 1.807) is 55.5 Å². The molecule has 1 aliphatic rings. The lowest BCUT2D eigenvalue weighted by atomic mass is 9.95. The lowest BCUT2D eigenvalue weighted by Crippen LogP contribution is -2.29. The smallest absolute Gasteiger partial charge is 0.350 e. The van der Waals surface area contributed by atoms with Gasteiger partial charge in [-0.1, -0.05) is 64.0 Å². The van der Waals surface area contributed by atoms with Gasteiger partial charge in [0.2, 0.25) is 0 Å². The highest BCUT2D eigenvalue weighted by atomic mass is 32.1. The number of benzene rings is 2. The minimum absolute atomic E-state index is 0.0777. The number of ether oxygens (including phenoxy) is 3. The Hall–Kier alpha value is -4.18. The van der Waals surface area contributed by atoms with Crippen molar-refractivity contribution >= 4 is 39.9 Å². The number of aromatic nitrogens is 1. The summed E-state index contributed by atoms with van der Waals surface area (Å²) in [5.41, 5.74) is 1.25. The van der Waals surface area contributed by atoms with Crippen molar-refractivity contribution in [3.8, 4) is 11.5 Å². The van der Waals surface area contributed by atoms with Crippen molar-refractivity contribution in [1.29, 1.82) is 0 Å². The lowest BCUT2D eigenvalue weighted by Gasteiger charge is -2.23. The molecule has 3 aromatic rings. The van der Waals surface area contributed by atoms with E-state index in [2.05, 4.69) is 18.8 Å². The molecule has 0 spiro atoms. The van der Waals surface area contributed by atoms with E-state index in [1.807, 2.05) is 13.8 Å². The molecular weight excluding hydrogens is 580 g/mol. The molecule has 0 saturated carbocycles. The summed E-state index contributed by atoms with van der Waals surface area (Å²) < 4.78 is 17.0. The van der Waals surface area contributed by atoms with Gasteiger partial charge in [-0.15, -0.1) is 0 Å². The molecule has 1 amide bonds. The number of carbonyl (C=O) groups is 3. The summed E-state index contributed by atoms with van der Waals surface area (Å²) in [5, 5.41) is 11.7. The van der Waals surface area contributed by atoms with Gasteiger partial charge in [0, 0.05) is 5.56 Å². The van der Waals surface area contributed by atoms with E-state index in [1.165, 1.54) is 4.90 Å². The van der Waals surface area contributed by atoms with E-state index in [-0.39, 0.29) is 33.9 Å². The summed E-state index contributed by atoms with van der Waals surface area (Å²) in [6.07, 6.45) is 3.83. The number of hydrogen-bond donors (Lipinski definition) is 1. The Kier molecular flexibility index (Phi) is 11.2. The SMILES string of the molecule is CCCCOc1ccc(/C(O)=C2\C(=O)C(=O)N(c3nc(C)c(C(=O)OCC(C)C)s3)C2c2ccc(OCCCC)cc2)cc1. The molecule has 4 rings (SSSR count). The maximum absolute atomic E-state index is 13.6. The molecule has 9 nitrogen and oxygen atoms in total. The van der Waals surface area contributed by atoms with Crippen LogP contribution in [0.3, 0.4) is 0 Å².